The summed E-state index contributed by atoms with van der Waals surface area (Å²) in [6.07, 6.45) is 1.52. The van der Waals surface area contributed by atoms with Crippen LogP contribution < -0.4 is 16.4 Å². The van der Waals surface area contributed by atoms with Crippen molar-refractivity contribution in [1.29, 1.82) is 0 Å². The molecule has 7 heteroatoms. The molecule has 1 heterocycles. The molecule has 0 atom stereocenters. The van der Waals surface area contributed by atoms with E-state index in [9.17, 15) is 5.11 Å². The molecule has 5 nitrogen and oxygen atoms in total. The molecule has 2 aromatic rings. The molecule has 0 aromatic heterocycles. The summed E-state index contributed by atoms with van der Waals surface area (Å²) in [6.45, 7) is 0. The van der Waals surface area contributed by atoms with Gasteiger partial charge >= 0.3 is 0 Å². The van der Waals surface area contributed by atoms with Crippen molar-refractivity contribution >= 4 is 46.5 Å². The third-order valence-electron chi connectivity index (χ3n) is 2.81. The number of halogens is 2. The number of phenols is 1. The van der Waals surface area contributed by atoms with Gasteiger partial charge in [0.15, 0.2) is 0 Å². The Kier molecular flexibility index (Phi) is 3.40. The molecule has 0 spiro atoms. The minimum atomic E-state index is -0.0394. The fourth-order valence-corrected chi connectivity index (χ4v) is 2.33. The van der Waals surface area contributed by atoms with Crippen LogP contribution in [0.15, 0.2) is 35.3 Å². The number of aliphatic imine (C=N–C) groups is 1. The average Bonchev–Trinajstić information content (AvgIpc) is 2.88. The molecule has 3 rings (SSSR count). The molecule has 0 saturated heterocycles. The number of anilines is 2. The van der Waals surface area contributed by atoms with E-state index in [1.165, 1.54) is 12.3 Å². The summed E-state index contributed by atoms with van der Waals surface area (Å²) in [6, 6.07) is 8.68. The quantitative estimate of drug-likeness (QED) is 0.638. The zero-order chi connectivity index (χ0) is 14.1. The van der Waals surface area contributed by atoms with Gasteiger partial charge in [0.1, 0.15) is 5.75 Å². The first-order valence-electron chi connectivity index (χ1n) is 5.76. The van der Waals surface area contributed by atoms with E-state index in [4.69, 9.17) is 23.2 Å². The van der Waals surface area contributed by atoms with Gasteiger partial charge in [-0.2, -0.15) is 0 Å². The highest BCUT2D eigenvalue weighted by Gasteiger charge is 2.09. The highest BCUT2D eigenvalue weighted by Crippen LogP contribution is 2.31. The van der Waals surface area contributed by atoms with Gasteiger partial charge < -0.3 is 16.0 Å². The number of aromatic hydroxyl groups is 1. The number of nitrogens with zero attached hydrogens (tertiary/aromatic N) is 1. The normalized spacial score (nSPS) is 13.1. The summed E-state index contributed by atoms with van der Waals surface area (Å²) in [5.41, 5.74) is 11.7. The Morgan fingerprint density at radius 3 is 2.70 bits per heavy atom. The maximum absolute atomic E-state index is 9.84. The third kappa shape index (κ3) is 2.51. The van der Waals surface area contributed by atoms with E-state index in [1.807, 2.05) is 18.2 Å². The molecule has 0 bridgehead atoms. The molecular weight excluding hydrogens is 299 g/mol. The smallest absolute Gasteiger partial charge is 0.143 e. The fraction of sp³-hybridized carbons (Fsp3) is 0. The Bertz CT molecular complexity index is 703. The lowest BCUT2D eigenvalue weighted by molar-refractivity contribution is 0.475. The minimum Gasteiger partial charge on any atom is -0.506 e. The van der Waals surface area contributed by atoms with Crippen LogP contribution in [0.5, 0.6) is 5.75 Å². The van der Waals surface area contributed by atoms with E-state index in [1.54, 1.807) is 6.07 Å². The summed E-state index contributed by atoms with van der Waals surface area (Å²) >= 11 is 11.8. The van der Waals surface area contributed by atoms with Crippen LogP contribution in [0.4, 0.5) is 17.1 Å². The molecule has 0 fully saturated rings. The van der Waals surface area contributed by atoms with Crippen molar-refractivity contribution in [2.45, 2.75) is 0 Å². The molecule has 0 unspecified atom stereocenters. The van der Waals surface area contributed by atoms with E-state index in [0.717, 1.165) is 17.1 Å². The van der Waals surface area contributed by atoms with Crippen LogP contribution in [0.3, 0.4) is 0 Å². The Hall–Kier alpha value is -1.95. The van der Waals surface area contributed by atoms with Crippen molar-refractivity contribution < 1.29 is 5.11 Å². The molecular formula is C13H10Cl2N4O. The fourth-order valence-electron chi connectivity index (χ4n) is 1.82. The van der Waals surface area contributed by atoms with E-state index in [2.05, 4.69) is 21.4 Å². The molecule has 0 radical (unpaired) electrons. The van der Waals surface area contributed by atoms with E-state index >= 15 is 0 Å². The number of phenolic OH excluding ortho intramolecular Hbond substituents is 1. The molecule has 20 heavy (non-hydrogen) atoms. The third-order valence-corrected chi connectivity index (χ3v) is 3.31. The number of hydrazine groups is 2. The van der Waals surface area contributed by atoms with Crippen LogP contribution >= 0.6 is 23.2 Å². The number of rotatable bonds is 2. The Morgan fingerprint density at radius 1 is 1.05 bits per heavy atom. The zero-order valence-electron chi connectivity index (χ0n) is 10.1. The van der Waals surface area contributed by atoms with Gasteiger partial charge in [0.25, 0.3) is 0 Å². The number of hydrogen-bond acceptors (Lipinski definition) is 5. The Balaban J connectivity index is 1.91. The van der Waals surface area contributed by atoms with Crippen LogP contribution in [-0.2, 0) is 0 Å². The van der Waals surface area contributed by atoms with Gasteiger partial charge in [-0.25, -0.2) is 0 Å². The van der Waals surface area contributed by atoms with Crippen molar-refractivity contribution in [3.05, 3.63) is 45.9 Å². The summed E-state index contributed by atoms with van der Waals surface area (Å²) in [4.78, 5) is 4.30. The monoisotopic (exact) mass is 308 g/mol. The number of benzene rings is 2. The first-order chi connectivity index (χ1) is 9.63. The second kappa shape index (κ2) is 5.20. The molecule has 0 amide bonds. The standard InChI is InChI=1S/C13H10Cl2N4O/c14-8-3-7(13(20)10(15)4-8)6-16-9-1-2-11-12(5-9)18-19-17-11/h1-6,17-20H. The molecule has 102 valence electrons. The molecule has 1 aliphatic rings. The highest BCUT2D eigenvalue weighted by molar-refractivity contribution is 6.36. The molecule has 2 aromatic carbocycles. The van der Waals surface area contributed by atoms with E-state index < -0.39 is 0 Å². The summed E-state index contributed by atoms with van der Waals surface area (Å²) in [5.74, 6) is -0.0394. The Labute approximate surface area is 125 Å². The van der Waals surface area contributed by atoms with Crippen LogP contribution in [0.1, 0.15) is 5.56 Å². The first-order valence-corrected chi connectivity index (χ1v) is 6.52. The van der Waals surface area contributed by atoms with Crippen molar-refractivity contribution in [2.75, 3.05) is 10.9 Å². The molecule has 0 aliphatic carbocycles. The number of nitrogens with one attached hydrogen (secondary N) is 3. The van der Waals surface area contributed by atoms with Crippen LogP contribution in [0.25, 0.3) is 0 Å². The summed E-state index contributed by atoms with van der Waals surface area (Å²) < 4.78 is 0. The topological polar surface area (TPSA) is 68.7 Å². The summed E-state index contributed by atoms with van der Waals surface area (Å²) in [7, 11) is 0. The second-order valence-corrected chi connectivity index (χ2v) is 5.03. The van der Waals surface area contributed by atoms with Gasteiger partial charge in [0.05, 0.1) is 22.1 Å². The molecule has 0 saturated carbocycles. The van der Waals surface area contributed by atoms with Gasteiger partial charge in [0.2, 0.25) is 0 Å². The molecule has 4 N–H and O–H groups in total. The van der Waals surface area contributed by atoms with Gasteiger partial charge in [-0.15, -0.1) is 5.53 Å². The lowest BCUT2D eigenvalue weighted by Gasteiger charge is -2.03. The van der Waals surface area contributed by atoms with Gasteiger partial charge in [0, 0.05) is 16.8 Å². The number of hydrogen-bond donors (Lipinski definition) is 4. The van der Waals surface area contributed by atoms with Gasteiger partial charge in [-0.1, -0.05) is 23.2 Å². The second-order valence-electron chi connectivity index (χ2n) is 4.19. The van der Waals surface area contributed by atoms with Crippen molar-refractivity contribution in [3.63, 3.8) is 0 Å². The van der Waals surface area contributed by atoms with Crippen LogP contribution in [0.2, 0.25) is 10.0 Å². The average molecular weight is 309 g/mol. The predicted molar refractivity (Wildman–Crippen MR) is 82.2 cm³/mol. The molecule has 1 aliphatic heterocycles. The van der Waals surface area contributed by atoms with Gasteiger partial charge in [-0.05, 0) is 30.3 Å². The maximum Gasteiger partial charge on any atom is 0.143 e. The van der Waals surface area contributed by atoms with Gasteiger partial charge in [-0.3, -0.25) is 4.99 Å². The SMILES string of the molecule is Oc1c(Cl)cc(Cl)cc1C=Nc1ccc2c(c1)NNN2. The zero-order valence-corrected chi connectivity index (χ0v) is 11.6. The largest absolute Gasteiger partial charge is 0.506 e. The highest BCUT2D eigenvalue weighted by atomic mass is 35.5. The van der Waals surface area contributed by atoms with Crippen LogP contribution in [0, 0.1) is 0 Å². The number of fused-ring (bicyclic) bond motifs is 1. The lowest BCUT2D eigenvalue weighted by Crippen LogP contribution is -2.19. The maximum atomic E-state index is 9.84. The lowest BCUT2D eigenvalue weighted by atomic mass is 10.2. The van der Waals surface area contributed by atoms with Crippen molar-refractivity contribution in [1.82, 2.24) is 5.53 Å². The summed E-state index contributed by atoms with van der Waals surface area (Å²) in [5, 5.41) is 10.5. The van der Waals surface area contributed by atoms with Crippen molar-refractivity contribution in [3.8, 4) is 5.75 Å². The van der Waals surface area contributed by atoms with Crippen LogP contribution in [-0.4, -0.2) is 11.3 Å². The van der Waals surface area contributed by atoms with Crippen molar-refractivity contribution in [2.24, 2.45) is 4.99 Å². The predicted octanol–water partition coefficient (Wildman–Crippen LogP) is 3.71. The van der Waals surface area contributed by atoms with E-state index in [0.29, 0.717) is 10.6 Å². The first kappa shape index (κ1) is 13.1. The van der Waals surface area contributed by atoms with E-state index in [-0.39, 0.29) is 10.8 Å². The minimum absolute atomic E-state index is 0.0394. The Morgan fingerprint density at radius 2 is 1.85 bits per heavy atom.